The average molecular weight is 721 g/mol. The molecule has 0 aliphatic carbocycles. The zero-order valence-corrected chi connectivity index (χ0v) is 31.5. The first kappa shape index (κ1) is 37.5. The number of aryl methyl sites for hydroxylation is 2. The van der Waals surface area contributed by atoms with Gasteiger partial charge in [-0.25, -0.2) is 0 Å². The highest BCUT2D eigenvalue weighted by atomic mass is 32.1. The summed E-state index contributed by atoms with van der Waals surface area (Å²) in [5, 5.41) is 17.0. The standard InChI is InChI=1S/C21H14N2S.C20H19N.C7H8.CH3N/c1-2-6-14(7-3-1)18-13-19(23-22-18)15-10-11-17-16-8-4-5-9-20(16)24-21(17)12-15;1-15-7-5-11-18(13-15)20(21)19-12-6-10-17(14-19)16-8-3-2-4-9-16;1-7-5-3-2-4-6-7;1-2/h1-13,18H;2-14,20H,21H2,1H3;2-6H,1H3;2H,1H2. The molecule has 3 N–H and O–H groups in total. The maximum Gasteiger partial charge on any atom is 0.117 e. The van der Waals surface area contributed by atoms with Gasteiger partial charge in [-0.2, -0.15) is 10.2 Å². The fourth-order valence-corrected chi connectivity index (χ4v) is 7.47. The molecular weight excluding hydrogens is 677 g/mol. The molecule has 0 fully saturated rings. The second-order valence-corrected chi connectivity index (χ2v) is 14.1. The van der Waals surface area contributed by atoms with E-state index in [0.29, 0.717) is 0 Å². The molecule has 266 valence electrons. The van der Waals surface area contributed by atoms with Gasteiger partial charge < -0.3 is 11.1 Å². The molecule has 0 amide bonds. The zero-order chi connectivity index (χ0) is 37.7. The maximum absolute atomic E-state index is 6.43. The molecule has 0 spiro atoms. The number of hydrogen-bond acceptors (Lipinski definition) is 5. The molecule has 7 aromatic carbocycles. The van der Waals surface area contributed by atoms with E-state index in [9.17, 15) is 0 Å². The summed E-state index contributed by atoms with van der Waals surface area (Å²) in [6, 6.07) is 62.9. The Balaban J connectivity index is 0.000000152. The molecule has 5 heteroatoms. The fourth-order valence-electron chi connectivity index (χ4n) is 6.33. The zero-order valence-electron chi connectivity index (χ0n) is 30.6. The monoisotopic (exact) mass is 720 g/mol. The van der Waals surface area contributed by atoms with Gasteiger partial charge in [-0.05, 0) is 72.7 Å². The predicted octanol–water partition coefficient (Wildman–Crippen LogP) is 13.6. The molecule has 0 saturated carbocycles. The van der Waals surface area contributed by atoms with Crippen LogP contribution < -0.4 is 5.73 Å². The van der Waals surface area contributed by atoms with Gasteiger partial charge in [0.1, 0.15) is 6.04 Å². The van der Waals surface area contributed by atoms with Gasteiger partial charge in [-0.1, -0.05) is 175 Å². The summed E-state index contributed by atoms with van der Waals surface area (Å²) < 4.78 is 2.63. The first-order chi connectivity index (χ1) is 26.5. The number of azo groups is 1. The molecule has 1 aromatic heterocycles. The van der Waals surface area contributed by atoms with Gasteiger partial charge in [0.2, 0.25) is 0 Å². The second kappa shape index (κ2) is 18.5. The molecular formula is C49H44N4S. The Morgan fingerprint density at radius 3 is 1.80 bits per heavy atom. The van der Waals surface area contributed by atoms with Gasteiger partial charge in [-0.3, -0.25) is 0 Å². The Kier molecular flexibility index (Phi) is 12.8. The lowest BCUT2D eigenvalue weighted by Crippen LogP contribution is -2.11. The minimum Gasteiger partial charge on any atom is -0.320 e. The molecule has 4 nitrogen and oxygen atoms in total. The third-order valence-electron chi connectivity index (χ3n) is 9.12. The van der Waals surface area contributed by atoms with Gasteiger partial charge >= 0.3 is 0 Å². The van der Waals surface area contributed by atoms with Gasteiger partial charge in [0.05, 0.1) is 11.7 Å². The topological polar surface area (TPSA) is 74.6 Å². The van der Waals surface area contributed by atoms with E-state index in [0.717, 1.165) is 22.4 Å². The van der Waals surface area contributed by atoms with Crippen molar-refractivity contribution in [2.24, 2.45) is 16.0 Å². The molecule has 9 rings (SSSR count). The molecule has 0 bridgehead atoms. The number of rotatable bonds is 5. The van der Waals surface area contributed by atoms with Crippen LogP contribution in [0.1, 0.15) is 45.5 Å². The smallest absolute Gasteiger partial charge is 0.117 e. The van der Waals surface area contributed by atoms with Crippen LogP contribution in [-0.2, 0) is 0 Å². The number of hydrogen-bond donors (Lipinski definition) is 2. The lowest BCUT2D eigenvalue weighted by Gasteiger charge is -2.14. The van der Waals surface area contributed by atoms with Crippen molar-refractivity contribution >= 4 is 43.9 Å². The molecule has 2 unspecified atom stereocenters. The summed E-state index contributed by atoms with van der Waals surface area (Å²) in [5.74, 6) is 0. The van der Waals surface area contributed by atoms with Crippen molar-refractivity contribution in [3.05, 3.63) is 221 Å². The van der Waals surface area contributed by atoms with Crippen LogP contribution in [0.25, 0.3) is 37.0 Å². The van der Waals surface area contributed by atoms with E-state index < -0.39 is 0 Å². The predicted molar refractivity (Wildman–Crippen MR) is 231 cm³/mol. The van der Waals surface area contributed by atoms with E-state index in [2.05, 4.69) is 176 Å². The Bertz CT molecular complexity index is 2470. The molecule has 1 aliphatic heterocycles. The van der Waals surface area contributed by atoms with Crippen molar-refractivity contribution in [1.29, 1.82) is 5.41 Å². The number of nitrogens with two attached hydrogens (primary N) is 1. The van der Waals surface area contributed by atoms with Crippen LogP contribution in [0.3, 0.4) is 0 Å². The summed E-state index contributed by atoms with van der Waals surface area (Å²) in [6.07, 6.45) is 2.14. The largest absolute Gasteiger partial charge is 0.320 e. The molecule has 2 heterocycles. The first-order valence-electron chi connectivity index (χ1n) is 18.0. The van der Waals surface area contributed by atoms with Crippen molar-refractivity contribution in [2.45, 2.75) is 25.9 Å². The minimum atomic E-state index is -0.0893. The van der Waals surface area contributed by atoms with E-state index in [-0.39, 0.29) is 12.1 Å². The van der Waals surface area contributed by atoms with E-state index >= 15 is 0 Å². The van der Waals surface area contributed by atoms with Crippen LogP contribution in [-0.4, -0.2) is 6.72 Å². The van der Waals surface area contributed by atoms with Crippen LogP contribution in [0, 0.1) is 19.3 Å². The summed E-state index contributed by atoms with van der Waals surface area (Å²) in [7, 11) is 0. The van der Waals surface area contributed by atoms with Crippen LogP contribution in [0.2, 0.25) is 0 Å². The number of benzene rings is 7. The maximum atomic E-state index is 6.43. The molecule has 0 radical (unpaired) electrons. The summed E-state index contributed by atoms with van der Waals surface area (Å²) in [6.45, 7) is 6.68. The third-order valence-corrected chi connectivity index (χ3v) is 10.2. The van der Waals surface area contributed by atoms with Gasteiger partial charge in [0.25, 0.3) is 0 Å². The summed E-state index contributed by atoms with van der Waals surface area (Å²) in [5.41, 5.74) is 17.0. The highest BCUT2D eigenvalue weighted by molar-refractivity contribution is 7.25. The molecule has 0 saturated heterocycles. The SMILES string of the molecule is C1=C(c2ccc3c(c2)sc2ccccc23)N=NC1c1ccccc1.C=N.Cc1cccc(C(N)c2cccc(-c3ccccc3)c2)c1.Cc1ccccc1. The number of fused-ring (bicyclic) bond motifs is 3. The van der Waals surface area contributed by atoms with E-state index in [1.807, 2.05) is 53.8 Å². The fraction of sp³-hybridized carbons (Fsp3) is 0.0816. The average Bonchev–Trinajstić information content (AvgIpc) is 3.88. The molecule has 2 atom stereocenters. The van der Waals surface area contributed by atoms with Crippen molar-refractivity contribution in [2.75, 3.05) is 0 Å². The van der Waals surface area contributed by atoms with Crippen molar-refractivity contribution < 1.29 is 0 Å². The lowest BCUT2D eigenvalue weighted by atomic mass is 9.95. The normalized spacial score (nSPS) is 13.4. The van der Waals surface area contributed by atoms with Crippen molar-refractivity contribution in [1.82, 2.24) is 0 Å². The molecule has 8 aromatic rings. The van der Waals surface area contributed by atoms with Crippen molar-refractivity contribution in [3.8, 4) is 11.1 Å². The Hall–Kier alpha value is -6.27. The Labute approximate surface area is 322 Å². The quantitative estimate of drug-likeness (QED) is 0.171. The van der Waals surface area contributed by atoms with Crippen LogP contribution in [0.5, 0.6) is 0 Å². The Morgan fingerprint density at radius 1 is 0.537 bits per heavy atom. The number of thiophene rings is 1. The Morgan fingerprint density at radius 2 is 1.11 bits per heavy atom. The van der Waals surface area contributed by atoms with Crippen LogP contribution >= 0.6 is 11.3 Å². The first-order valence-corrected chi connectivity index (χ1v) is 18.8. The van der Waals surface area contributed by atoms with Gasteiger partial charge in [0.15, 0.2) is 0 Å². The van der Waals surface area contributed by atoms with Crippen LogP contribution in [0.15, 0.2) is 198 Å². The number of nitrogens with zero attached hydrogens (tertiary/aromatic N) is 2. The van der Waals surface area contributed by atoms with E-state index in [1.165, 1.54) is 48.0 Å². The second-order valence-electron chi connectivity index (χ2n) is 13.0. The van der Waals surface area contributed by atoms with Gasteiger partial charge in [0, 0.05) is 25.7 Å². The highest BCUT2D eigenvalue weighted by Gasteiger charge is 2.17. The van der Waals surface area contributed by atoms with Gasteiger partial charge in [-0.15, -0.1) is 11.3 Å². The summed E-state index contributed by atoms with van der Waals surface area (Å²) >= 11 is 1.83. The number of nitrogens with one attached hydrogen (secondary N) is 1. The minimum absolute atomic E-state index is 0.0271. The van der Waals surface area contributed by atoms with E-state index in [4.69, 9.17) is 11.1 Å². The van der Waals surface area contributed by atoms with Crippen LogP contribution in [0.4, 0.5) is 0 Å². The molecule has 1 aliphatic rings. The van der Waals surface area contributed by atoms with Crippen molar-refractivity contribution in [3.63, 3.8) is 0 Å². The lowest BCUT2D eigenvalue weighted by molar-refractivity contribution is 0.870. The summed E-state index contributed by atoms with van der Waals surface area (Å²) in [4.78, 5) is 0. The highest BCUT2D eigenvalue weighted by Crippen LogP contribution is 2.38. The van der Waals surface area contributed by atoms with E-state index in [1.54, 1.807) is 0 Å². The third kappa shape index (κ3) is 9.39. The molecule has 54 heavy (non-hydrogen) atoms.